The molecule has 1 aliphatic rings. The summed E-state index contributed by atoms with van der Waals surface area (Å²) in [5.41, 5.74) is 2.17. The highest BCUT2D eigenvalue weighted by molar-refractivity contribution is 5.76. The average molecular weight is 349 g/mol. The molecule has 26 heavy (non-hydrogen) atoms. The third-order valence-electron chi connectivity index (χ3n) is 5.19. The summed E-state index contributed by atoms with van der Waals surface area (Å²) in [5, 5.41) is 8.86. The van der Waals surface area contributed by atoms with Crippen LogP contribution in [0.15, 0.2) is 34.9 Å². The molecule has 0 radical (unpaired) electrons. The summed E-state index contributed by atoms with van der Waals surface area (Å²) in [6.45, 7) is 5.06. The number of benzene rings is 1. The van der Waals surface area contributed by atoms with E-state index in [4.69, 9.17) is 14.7 Å². The molecule has 0 spiro atoms. The van der Waals surface area contributed by atoms with Crippen molar-refractivity contribution in [1.29, 1.82) is 5.26 Å². The Hall–Kier alpha value is -2.65. The van der Waals surface area contributed by atoms with Crippen LogP contribution in [0.1, 0.15) is 30.3 Å². The normalized spacial score (nSPS) is 16.2. The van der Waals surface area contributed by atoms with E-state index >= 15 is 0 Å². The first-order chi connectivity index (χ1) is 12.7. The molecule has 3 aromatic rings. The maximum atomic E-state index is 8.86. The smallest absolute Gasteiger partial charge is 0.191 e. The molecule has 0 N–H and O–H groups in total. The van der Waals surface area contributed by atoms with E-state index in [1.165, 1.54) is 0 Å². The molecular formula is C20H23N5O. The number of nitriles is 1. The van der Waals surface area contributed by atoms with E-state index in [9.17, 15) is 0 Å². The molecule has 0 bridgehead atoms. The molecule has 0 amide bonds. The lowest BCUT2D eigenvalue weighted by atomic mass is 9.93. The zero-order chi connectivity index (χ0) is 17.9. The predicted molar refractivity (Wildman–Crippen MR) is 98.6 cm³/mol. The third kappa shape index (κ3) is 3.49. The van der Waals surface area contributed by atoms with Crippen molar-refractivity contribution in [2.75, 3.05) is 19.6 Å². The molecule has 4 rings (SSSR count). The number of para-hydroxylation sites is 2. The Morgan fingerprint density at radius 3 is 2.81 bits per heavy atom. The van der Waals surface area contributed by atoms with Crippen molar-refractivity contribution in [3.63, 3.8) is 0 Å². The van der Waals surface area contributed by atoms with Gasteiger partial charge in [-0.25, -0.2) is 9.97 Å². The number of hydrogen-bond donors (Lipinski definition) is 0. The van der Waals surface area contributed by atoms with Crippen molar-refractivity contribution in [3.8, 4) is 6.07 Å². The standard InChI is InChI=1S/C20H23N5O/c1-15-22-13-17(26-15)14-25-19-5-3-2-4-18(19)23-20(25)12-16-6-9-24(10-7-16)11-8-21/h2-5,13,16H,6-7,9-12,14H2,1H3. The molecule has 2 aromatic heterocycles. The summed E-state index contributed by atoms with van der Waals surface area (Å²) >= 11 is 0. The highest BCUT2D eigenvalue weighted by atomic mass is 16.4. The van der Waals surface area contributed by atoms with Crippen molar-refractivity contribution >= 4 is 11.0 Å². The van der Waals surface area contributed by atoms with Crippen molar-refractivity contribution in [2.45, 2.75) is 32.7 Å². The Labute approximate surface area is 153 Å². The van der Waals surface area contributed by atoms with Gasteiger partial charge in [0.2, 0.25) is 0 Å². The second kappa shape index (κ2) is 7.30. The molecule has 3 heterocycles. The Balaban J connectivity index is 1.56. The van der Waals surface area contributed by atoms with Crippen molar-refractivity contribution < 1.29 is 4.42 Å². The van der Waals surface area contributed by atoms with Crippen LogP contribution in [-0.4, -0.2) is 39.1 Å². The first-order valence-electron chi connectivity index (χ1n) is 9.17. The lowest BCUT2D eigenvalue weighted by Gasteiger charge is -2.30. The summed E-state index contributed by atoms with van der Waals surface area (Å²) in [6.07, 6.45) is 5.00. The van der Waals surface area contributed by atoms with E-state index in [2.05, 4.69) is 38.7 Å². The number of likely N-dealkylation sites (tertiary alicyclic amines) is 1. The topological polar surface area (TPSA) is 70.9 Å². The zero-order valence-corrected chi connectivity index (χ0v) is 15.1. The molecule has 1 saturated heterocycles. The first kappa shape index (κ1) is 16.8. The number of rotatable bonds is 5. The first-order valence-corrected chi connectivity index (χ1v) is 9.17. The fourth-order valence-corrected chi connectivity index (χ4v) is 3.80. The van der Waals surface area contributed by atoms with Gasteiger partial charge in [-0.2, -0.15) is 5.26 Å². The van der Waals surface area contributed by atoms with E-state index in [-0.39, 0.29) is 0 Å². The van der Waals surface area contributed by atoms with Gasteiger partial charge in [0.25, 0.3) is 0 Å². The second-order valence-corrected chi connectivity index (χ2v) is 7.03. The van der Waals surface area contributed by atoms with Crippen LogP contribution in [0, 0.1) is 24.2 Å². The van der Waals surface area contributed by atoms with E-state index < -0.39 is 0 Å². The Kier molecular flexibility index (Phi) is 4.72. The number of imidazole rings is 1. The van der Waals surface area contributed by atoms with Crippen molar-refractivity contribution in [2.24, 2.45) is 5.92 Å². The van der Waals surface area contributed by atoms with Crippen LogP contribution in [-0.2, 0) is 13.0 Å². The van der Waals surface area contributed by atoms with Gasteiger partial charge in [-0.05, 0) is 44.0 Å². The maximum absolute atomic E-state index is 8.86. The molecular weight excluding hydrogens is 326 g/mol. The van der Waals surface area contributed by atoms with E-state index in [1.54, 1.807) is 6.20 Å². The number of aryl methyl sites for hydroxylation is 1. The van der Waals surface area contributed by atoms with Gasteiger partial charge >= 0.3 is 0 Å². The molecule has 1 aromatic carbocycles. The van der Waals surface area contributed by atoms with E-state index in [0.29, 0.717) is 24.9 Å². The largest absolute Gasteiger partial charge is 0.444 e. The van der Waals surface area contributed by atoms with E-state index in [1.807, 2.05) is 13.0 Å². The lowest BCUT2D eigenvalue weighted by Crippen LogP contribution is -2.34. The molecule has 0 unspecified atom stereocenters. The van der Waals surface area contributed by atoms with Crippen LogP contribution in [0.5, 0.6) is 0 Å². The number of aromatic nitrogens is 3. The molecule has 6 heteroatoms. The molecule has 134 valence electrons. The monoisotopic (exact) mass is 349 g/mol. The van der Waals surface area contributed by atoms with Crippen LogP contribution in [0.2, 0.25) is 0 Å². The number of piperidine rings is 1. The summed E-state index contributed by atoms with van der Waals surface area (Å²) < 4.78 is 7.96. The number of oxazole rings is 1. The molecule has 0 saturated carbocycles. The second-order valence-electron chi connectivity index (χ2n) is 7.03. The fourth-order valence-electron chi connectivity index (χ4n) is 3.80. The van der Waals surface area contributed by atoms with Gasteiger partial charge in [-0.3, -0.25) is 4.90 Å². The van der Waals surface area contributed by atoms with Crippen molar-refractivity contribution in [1.82, 2.24) is 19.4 Å². The molecule has 0 aliphatic carbocycles. The van der Waals surface area contributed by atoms with Gasteiger partial charge in [-0.15, -0.1) is 0 Å². The minimum absolute atomic E-state index is 0.538. The quantitative estimate of drug-likeness (QED) is 0.662. The van der Waals surface area contributed by atoms with Crippen LogP contribution in [0.25, 0.3) is 11.0 Å². The van der Waals surface area contributed by atoms with Gasteiger partial charge in [0, 0.05) is 13.3 Å². The van der Waals surface area contributed by atoms with E-state index in [0.717, 1.165) is 55.0 Å². The third-order valence-corrected chi connectivity index (χ3v) is 5.19. The van der Waals surface area contributed by atoms with Gasteiger partial charge < -0.3 is 8.98 Å². The summed E-state index contributed by atoms with van der Waals surface area (Å²) in [7, 11) is 0. The zero-order valence-electron chi connectivity index (χ0n) is 15.1. The van der Waals surface area contributed by atoms with Crippen LogP contribution < -0.4 is 0 Å². The molecule has 6 nitrogen and oxygen atoms in total. The lowest BCUT2D eigenvalue weighted by molar-refractivity contribution is 0.200. The fraction of sp³-hybridized carbons (Fsp3) is 0.450. The van der Waals surface area contributed by atoms with Crippen LogP contribution in [0.4, 0.5) is 0 Å². The highest BCUT2D eigenvalue weighted by Crippen LogP contribution is 2.25. The van der Waals surface area contributed by atoms with Crippen LogP contribution in [0.3, 0.4) is 0 Å². The minimum atomic E-state index is 0.538. The van der Waals surface area contributed by atoms with Crippen molar-refractivity contribution in [3.05, 3.63) is 47.9 Å². The number of hydrogen-bond acceptors (Lipinski definition) is 5. The summed E-state index contributed by atoms with van der Waals surface area (Å²) in [4.78, 5) is 11.3. The average Bonchev–Trinajstić information content (AvgIpc) is 3.21. The number of fused-ring (bicyclic) bond motifs is 1. The molecule has 1 aliphatic heterocycles. The Morgan fingerprint density at radius 1 is 1.27 bits per heavy atom. The van der Waals surface area contributed by atoms with Gasteiger partial charge in [0.1, 0.15) is 11.6 Å². The summed E-state index contributed by atoms with van der Waals surface area (Å²) in [6, 6.07) is 10.5. The maximum Gasteiger partial charge on any atom is 0.191 e. The molecule has 1 fully saturated rings. The Morgan fingerprint density at radius 2 is 2.08 bits per heavy atom. The van der Waals surface area contributed by atoms with Gasteiger partial charge in [0.15, 0.2) is 5.89 Å². The molecule has 0 atom stereocenters. The minimum Gasteiger partial charge on any atom is -0.444 e. The highest BCUT2D eigenvalue weighted by Gasteiger charge is 2.22. The predicted octanol–water partition coefficient (Wildman–Crippen LogP) is 3.16. The Bertz CT molecular complexity index is 927. The SMILES string of the molecule is Cc1ncc(Cn2c(CC3CCN(CC#N)CC3)nc3ccccc32)o1. The number of nitrogens with zero attached hydrogens (tertiary/aromatic N) is 5. The van der Waals surface area contributed by atoms with Gasteiger partial charge in [-0.1, -0.05) is 12.1 Å². The van der Waals surface area contributed by atoms with Crippen LogP contribution >= 0.6 is 0 Å². The summed E-state index contributed by atoms with van der Waals surface area (Å²) in [5.74, 6) is 3.27. The van der Waals surface area contributed by atoms with Gasteiger partial charge in [0.05, 0.1) is 36.4 Å².